The summed E-state index contributed by atoms with van der Waals surface area (Å²) in [6.07, 6.45) is 0. The Kier molecular flexibility index (Phi) is 3.28. The molecule has 0 aliphatic carbocycles. The molecule has 0 fully saturated rings. The summed E-state index contributed by atoms with van der Waals surface area (Å²) in [4.78, 5) is 4.09. The van der Waals surface area contributed by atoms with Gasteiger partial charge in [0.25, 0.3) is 0 Å². The predicted octanol–water partition coefficient (Wildman–Crippen LogP) is 3.07. The van der Waals surface area contributed by atoms with Crippen LogP contribution in [0.15, 0.2) is 17.1 Å². The summed E-state index contributed by atoms with van der Waals surface area (Å²) >= 11 is 0. The quantitative estimate of drug-likeness (QED) is 0.534. The van der Waals surface area contributed by atoms with Gasteiger partial charge in [-0.15, -0.1) is 0 Å². The van der Waals surface area contributed by atoms with E-state index < -0.39 is 0 Å². The zero-order valence-corrected chi connectivity index (χ0v) is 9.60. The van der Waals surface area contributed by atoms with E-state index in [1.54, 1.807) is 7.05 Å². The van der Waals surface area contributed by atoms with Crippen LogP contribution < -0.4 is 5.32 Å². The molecule has 0 atom stereocenters. The molecule has 0 aliphatic rings. The fourth-order valence-electron chi connectivity index (χ4n) is 1.61. The van der Waals surface area contributed by atoms with Crippen LogP contribution >= 0.6 is 0 Å². The van der Waals surface area contributed by atoms with Gasteiger partial charge in [-0.3, -0.25) is 4.99 Å². The van der Waals surface area contributed by atoms with E-state index in [2.05, 4.69) is 43.2 Å². The van der Waals surface area contributed by atoms with E-state index in [1.165, 1.54) is 22.4 Å². The molecule has 0 saturated carbocycles. The van der Waals surface area contributed by atoms with Crippen LogP contribution in [-0.4, -0.2) is 12.9 Å². The Morgan fingerprint density at radius 2 is 1.64 bits per heavy atom. The summed E-state index contributed by atoms with van der Waals surface area (Å²) in [7, 11) is 1.79. The van der Waals surface area contributed by atoms with E-state index in [1.807, 2.05) is 6.92 Å². The highest BCUT2D eigenvalue weighted by Gasteiger charge is 2.03. The zero-order valence-electron chi connectivity index (χ0n) is 9.60. The summed E-state index contributed by atoms with van der Waals surface area (Å²) in [6.45, 7) is 8.32. The van der Waals surface area contributed by atoms with Crippen LogP contribution in [0.3, 0.4) is 0 Å². The van der Waals surface area contributed by atoms with Gasteiger partial charge in [0.15, 0.2) is 0 Å². The Morgan fingerprint density at radius 3 is 2.07 bits per heavy atom. The van der Waals surface area contributed by atoms with Crippen LogP contribution in [0.5, 0.6) is 0 Å². The first-order valence-corrected chi connectivity index (χ1v) is 4.83. The second-order valence-corrected chi connectivity index (χ2v) is 3.71. The van der Waals surface area contributed by atoms with Gasteiger partial charge in [-0.05, 0) is 38.8 Å². The number of aryl methyl sites for hydroxylation is 3. The Labute approximate surface area is 86.1 Å². The summed E-state index contributed by atoms with van der Waals surface area (Å²) in [6, 6.07) is 4.36. The highest BCUT2D eigenvalue weighted by Crippen LogP contribution is 2.21. The molecule has 0 spiro atoms. The van der Waals surface area contributed by atoms with Gasteiger partial charge in [-0.1, -0.05) is 17.7 Å². The van der Waals surface area contributed by atoms with Crippen molar-refractivity contribution in [2.45, 2.75) is 27.7 Å². The number of nitrogens with one attached hydrogen (secondary N) is 1. The van der Waals surface area contributed by atoms with E-state index in [9.17, 15) is 0 Å². The number of amidine groups is 1. The minimum atomic E-state index is 0.944. The van der Waals surface area contributed by atoms with Gasteiger partial charge in [0.05, 0.1) is 5.84 Å². The van der Waals surface area contributed by atoms with Crippen molar-refractivity contribution in [2.75, 3.05) is 12.4 Å². The third kappa shape index (κ3) is 2.34. The SMILES string of the molecule is CN=C(C)Nc1c(C)cc(C)cc1C. The average Bonchev–Trinajstić information content (AvgIpc) is 2.10. The molecule has 0 aromatic heterocycles. The summed E-state index contributed by atoms with van der Waals surface area (Å²) in [5, 5.41) is 3.31. The second kappa shape index (κ2) is 4.27. The Balaban J connectivity index is 3.09. The largest absolute Gasteiger partial charge is 0.344 e. The third-order valence-electron chi connectivity index (χ3n) is 2.32. The molecule has 2 nitrogen and oxygen atoms in total. The first-order valence-electron chi connectivity index (χ1n) is 4.83. The van der Waals surface area contributed by atoms with Gasteiger partial charge in [-0.2, -0.15) is 0 Å². The van der Waals surface area contributed by atoms with Crippen molar-refractivity contribution >= 4 is 11.5 Å². The molecule has 2 heteroatoms. The molecule has 0 bridgehead atoms. The first kappa shape index (κ1) is 10.8. The number of nitrogens with zero attached hydrogens (tertiary/aromatic N) is 1. The van der Waals surface area contributed by atoms with E-state index in [4.69, 9.17) is 0 Å². The average molecular weight is 190 g/mol. The van der Waals surface area contributed by atoms with Crippen molar-refractivity contribution in [3.05, 3.63) is 28.8 Å². The molecule has 0 amide bonds. The number of rotatable bonds is 1. The molecule has 1 aromatic carbocycles. The number of hydrogen-bond acceptors (Lipinski definition) is 1. The van der Waals surface area contributed by atoms with Crippen LogP contribution in [0.2, 0.25) is 0 Å². The molecule has 14 heavy (non-hydrogen) atoms. The third-order valence-corrected chi connectivity index (χ3v) is 2.32. The summed E-state index contributed by atoms with van der Waals surface area (Å²) in [5.41, 5.74) is 5.02. The van der Waals surface area contributed by atoms with Gasteiger partial charge in [0, 0.05) is 12.7 Å². The van der Waals surface area contributed by atoms with E-state index in [0.717, 1.165) is 5.84 Å². The van der Waals surface area contributed by atoms with Gasteiger partial charge < -0.3 is 5.32 Å². The maximum Gasteiger partial charge on any atom is 0.0972 e. The summed E-state index contributed by atoms with van der Waals surface area (Å²) in [5.74, 6) is 0.944. The molecule has 0 heterocycles. The van der Waals surface area contributed by atoms with Crippen molar-refractivity contribution in [3.63, 3.8) is 0 Å². The lowest BCUT2D eigenvalue weighted by molar-refractivity contribution is 1.30. The van der Waals surface area contributed by atoms with Crippen molar-refractivity contribution in [2.24, 2.45) is 4.99 Å². The molecule has 1 rings (SSSR count). The molecule has 76 valence electrons. The Bertz CT molecular complexity index is 342. The predicted molar refractivity (Wildman–Crippen MR) is 63.3 cm³/mol. The van der Waals surface area contributed by atoms with Crippen molar-refractivity contribution < 1.29 is 0 Å². The normalized spacial score (nSPS) is 11.6. The second-order valence-electron chi connectivity index (χ2n) is 3.71. The van der Waals surface area contributed by atoms with Crippen molar-refractivity contribution in [1.29, 1.82) is 0 Å². The van der Waals surface area contributed by atoms with Crippen LogP contribution in [0.1, 0.15) is 23.6 Å². The van der Waals surface area contributed by atoms with Gasteiger partial charge in [-0.25, -0.2) is 0 Å². The molecule has 0 radical (unpaired) electrons. The van der Waals surface area contributed by atoms with Gasteiger partial charge in [0.2, 0.25) is 0 Å². The molecular weight excluding hydrogens is 172 g/mol. The maximum absolute atomic E-state index is 4.09. The minimum absolute atomic E-state index is 0.944. The first-order chi connectivity index (χ1) is 6.54. The van der Waals surface area contributed by atoms with Crippen LogP contribution in [0.4, 0.5) is 5.69 Å². The van der Waals surface area contributed by atoms with Crippen LogP contribution in [0.25, 0.3) is 0 Å². The fourth-order valence-corrected chi connectivity index (χ4v) is 1.61. The van der Waals surface area contributed by atoms with Crippen molar-refractivity contribution in [3.8, 4) is 0 Å². The monoisotopic (exact) mass is 190 g/mol. The summed E-state index contributed by atoms with van der Waals surface area (Å²) < 4.78 is 0. The lowest BCUT2D eigenvalue weighted by atomic mass is 10.1. The fraction of sp³-hybridized carbons (Fsp3) is 0.417. The van der Waals surface area contributed by atoms with Gasteiger partial charge >= 0.3 is 0 Å². The lowest BCUT2D eigenvalue weighted by Crippen LogP contribution is -2.09. The Hall–Kier alpha value is -1.31. The number of aliphatic imine (C=N–C) groups is 1. The smallest absolute Gasteiger partial charge is 0.0972 e. The zero-order chi connectivity index (χ0) is 10.7. The molecular formula is C12H18N2. The topological polar surface area (TPSA) is 24.4 Å². The van der Waals surface area contributed by atoms with E-state index in [-0.39, 0.29) is 0 Å². The standard InChI is InChI=1S/C12H18N2/c1-8-6-9(2)12(10(3)7-8)14-11(4)13-5/h6-7H,1-5H3,(H,13,14). The Morgan fingerprint density at radius 1 is 1.14 bits per heavy atom. The number of hydrogen-bond donors (Lipinski definition) is 1. The van der Waals surface area contributed by atoms with Crippen molar-refractivity contribution in [1.82, 2.24) is 0 Å². The van der Waals surface area contributed by atoms with Crippen LogP contribution in [0, 0.1) is 20.8 Å². The highest BCUT2D eigenvalue weighted by molar-refractivity contribution is 5.94. The minimum Gasteiger partial charge on any atom is -0.344 e. The van der Waals surface area contributed by atoms with Crippen LogP contribution in [-0.2, 0) is 0 Å². The van der Waals surface area contributed by atoms with E-state index in [0.29, 0.717) is 0 Å². The number of benzene rings is 1. The molecule has 1 aromatic rings. The highest BCUT2D eigenvalue weighted by atomic mass is 15.0. The van der Waals surface area contributed by atoms with E-state index >= 15 is 0 Å². The molecule has 0 unspecified atom stereocenters. The molecule has 0 saturated heterocycles. The number of anilines is 1. The van der Waals surface area contributed by atoms with Gasteiger partial charge in [0.1, 0.15) is 0 Å². The molecule has 1 N–H and O–H groups in total. The molecule has 0 aliphatic heterocycles. The lowest BCUT2D eigenvalue weighted by Gasteiger charge is -2.13. The maximum atomic E-state index is 4.09.